The number of hydrazine groups is 1. The van der Waals surface area contributed by atoms with E-state index in [1.54, 1.807) is 17.0 Å². The number of anilines is 1. The van der Waals surface area contributed by atoms with E-state index in [0.717, 1.165) is 13.0 Å². The molecule has 3 fully saturated rings. The number of carboxylic acids is 1. The minimum Gasteiger partial charge on any atom is -0.493 e. The lowest BCUT2D eigenvalue weighted by Gasteiger charge is -2.36. The smallest absolute Gasteiger partial charge is 0.340 e. The SMILES string of the molecule is CN1C[C@@H]2C[C@H]1CN2C(=O)C1(C(=O)O)NNc2ccc(OCC3CC3)cc21. The first-order valence-corrected chi connectivity index (χ1v) is 9.54. The number of carbonyl (C=O) groups excluding carboxylic acids is 1. The first kappa shape index (κ1) is 16.8. The van der Waals surface area contributed by atoms with Crippen LogP contribution in [0, 0.1) is 5.92 Å². The molecule has 5 rings (SSSR count). The third kappa shape index (κ3) is 2.50. The Balaban J connectivity index is 1.47. The number of ether oxygens (including phenoxy) is 1. The second-order valence-electron chi connectivity index (χ2n) is 8.21. The summed E-state index contributed by atoms with van der Waals surface area (Å²) in [6.07, 6.45) is 3.26. The van der Waals surface area contributed by atoms with Gasteiger partial charge in [0.15, 0.2) is 0 Å². The fraction of sp³-hybridized carbons (Fsp3) is 0.579. The van der Waals surface area contributed by atoms with E-state index in [9.17, 15) is 14.7 Å². The number of amides is 1. The molecule has 4 aliphatic rings. The number of hydrogen-bond donors (Lipinski definition) is 3. The summed E-state index contributed by atoms with van der Waals surface area (Å²) in [7, 11) is 2.05. The molecule has 3 atom stereocenters. The van der Waals surface area contributed by atoms with E-state index < -0.39 is 17.4 Å². The minimum absolute atomic E-state index is 0.0730. The molecule has 3 aliphatic heterocycles. The van der Waals surface area contributed by atoms with Gasteiger partial charge in [-0.1, -0.05) is 0 Å². The van der Waals surface area contributed by atoms with Gasteiger partial charge >= 0.3 is 5.97 Å². The summed E-state index contributed by atoms with van der Waals surface area (Å²) >= 11 is 0. The summed E-state index contributed by atoms with van der Waals surface area (Å²) in [6.45, 7) is 2.00. The maximum Gasteiger partial charge on any atom is 0.340 e. The van der Waals surface area contributed by atoms with Crippen LogP contribution in [0.5, 0.6) is 5.75 Å². The van der Waals surface area contributed by atoms with Gasteiger partial charge < -0.3 is 20.2 Å². The third-order valence-electron chi connectivity index (χ3n) is 6.38. The quantitative estimate of drug-likeness (QED) is 0.652. The van der Waals surface area contributed by atoms with Crippen LogP contribution < -0.4 is 15.6 Å². The Morgan fingerprint density at radius 3 is 2.74 bits per heavy atom. The average molecular weight is 372 g/mol. The highest BCUT2D eigenvalue weighted by Crippen LogP contribution is 2.41. The number of nitrogens with one attached hydrogen (secondary N) is 2. The number of piperazine rings is 1. The highest BCUT2D eigenvalue weighted by Gasteiger charge is 2.58. The van der Waals surface area contributed by atoms with Crippen molar-refractivity contribution in [2.45, 2.75) is 36.9 Å². The summed E-state index contributed by atoms with van der Waals surface area (Å²) < 4.78 is 5.82. The summed E-state index contributed by atoms with van der Waals surface area (Å²) in [6, 6.07) is 5.66. The van der Waals surface area contributed by atoms with Crippen LogP contribution in [0.3, 0.4) is 0 Å². The summed E-state index contributed by atoms with van der Waals surface area (Å²) in [5.74, 6) is -0.403. The van der Waals surface area contributed by atoms with Gasteiger partial charge in [-0.15, -0.1) is 0 Å². The number of aliphatic carboxylic acids is 1. The molecule has 3 heterocycles. The molecular formula is C19H24N4O4. The molecule has 0 spiro atoms. The van der Waals surface area contributed by atoms with Crippen molar-refractivity contribution < 1.29 is 19.4 Å². The molecule has 1 aliphatic carbocycles. The fourth-order valence-electron chi connectivity index (χ4n) is 4.52. The van der Waals surface area contributed by atoms with Gasteiger partial charge in [-0.2, -0.15) is 0 Å². The predicted molar refractivity (Wildman–Crippen MR) is 97.3 cm³/mol. The van der Waals surface area contributed by atoms with Crippen molar-refractivity contribution in [2.75, 3.05) is 32.2 Å². The number of likely N-dealkylation sites (tertiary alicyclic amines) is 2. The zero-order chi connectivity index (χ0) is 18.8. The van der Waals surface area contributed by atoms with Crippen LogP contribution >= 0.6 is 0 Å². The Bertz CT molecular complexity index is 809. The van der Waals surface area contributed by atoms with E-state index in [1.165, 1.54) is 12.8 Å². The molecular weight excluding hydrogens is 348 g/mol. The average Bonchev–Trinajstić information content (AvgIpc) is 3.10. The van der Waals surface area contributed by atoms with Gasteiger partial charge in [0.2, 0.25) is 5.54 Å². The highest BCUT2D eigenvalue weighted by molar-refractivity contribution is 6.10. The van der Waals surface area contributed by atoms with E-state index in [0.29, 0.717) is 42.1 Å². The van der Waals surface area contributed by atoms with E-state index in [2.05, 4.69) is 15.8 Å². The predicted octanol–water partition coefficient (Wildman–Crippen LogP) is 0.600. The third-order valence-corrected chi connectivity index (χ3v) is 6.38. The summed E-state index contributed by atoms with van der Waals surface area (Å²) in [4.78, 5) is 29.8. The zero-order valence-electron chi connectivity index (χ0n) is 15.3. The monoisotopic (exact) mass is 372 g/mol. The number of benzene rings is 1. The van der Waals surface area contributed by atoms with E-state index in [-0.39, 0.29) is 6.04 Å². The van der Waals surface area contributed by atoms with Gasteiger partial charge in [-0.25, -0.2) is 10.2 Å². The van der Waals surface area contributed by atoms with Crippen LogP contribution in [0.4, 0.5) is 5.69 Å². The number of rotatable bonds is 5. The summed E-state index contributed by atoms with van der Waals surface area (Å²) in [5, 5.41) is 10.1. The molecule has 27 heavy (non-hydrogen) atoms. The zero-order valence-corrected chi connectivity index (χ0v) is 15.3. The minimum atomic E-state index is -1.82. The molecule has 1 aromatic carbocycles. The van der Waals surface area contributed by atoms with Crippen LogP contribution in [0.25, 0.3) is 0 Å². The van der Waals surface area contributed by atoms with E-state index >= 15 is 0 Å². The fourth-order valence-corrected chi connectivity index (χ4v) is 4.52. The molecule has 8 heteroatoms. The first-order valence-electron chi connectivity index (χ1n) is 9.54. The van der Waals surface area contributed by atoms with Crippen molar-refractivity contribution in [1.82, 2.24) is 15.2 Å². The van der Waals surface area contributed by atoms with Crippen molar-refractivity contribution >= 4 is 17.6 Å². The van der Waals surface area contributed by atoms with Crippen LogP contribution in [-0.4, -0.2) is 65.6 Å². The summed E-state index contributed by atoms with van der Waals surface area (Å²) in [5.41, 5.74) is 4.87. The number of likely N-dealkylation sites (N-methyl/N-ethyl adjacent to an activating group) is 1. The van der Waals surface area contributed by atoms with Gasteiger partial charge in [0.1, 0.15) is 5.75 Å². The Labute approximate surface area is 157 Å². The molecule has 0 aromatic heterocycles. The second kappa shape index (κ2) is 5.84. The standard InChI is InChI=1S/C19H24N4O4/c1-22-8-13-6-12(22)9-23(13)17(24)19(18(25)26)15-7-14(27-10-11-2-3-11)4-5-16(15)20-21-19/h4-5,7,11-13,20-21H,2-3,6,8-10H2,1H3,(H,25,26)/t12-,13-,19?/m0/s1. The second-order valence-corrected chi connectivity index (χ2v) is 8.21. The molecule has 3 N–H and O–H groups in total. The van der Waals surface area contributed by atoms with Crippen molar-refractivity contribution in [3.63, 3.8) is 0 Å². The van der Waals surface area contributed by atoms with Crippen LogP contribution in [0.15, 0.2) is 18.2 Å². The molecule has 144 valence electrons. The number of carboxylic acid groups (broad SMARTS) is 1. The topological polar surface area (TPSA) is 94.1 Å². The Morgan fingerprint density at radius 2 is 2.11 bits per heavy atom. The Morgan fingerprint density at radius 1 is 1.30 bits per heavy atom. The molecule has 1 saturated carbocycles. The Hall–Kier alpha value is -2.32. The van der Waals surface area contributed by atoms with Crippen LogP contribution in [0.1, 0.15) is 24.8 Å². The normalized spacial score (nSPS) is 31.7. The van der Waals surface area contributed by atoms with Crippen molar-refractivity contribution in [2.24, 2.45) is 5.92 Å². The molecule has 1 amide bonds. The molecule has 0 radical (unpaired) electrons. The molecule has 1 aromatic rings. The first-order chi connectivity index (χ1) is 13.0. The van der Waals surface area contributed by atoms with E-state index in [4.69, 9.17) is 4.74 Å². The highest BCUT2D eigenvalue weighted by atomic mass is 16.5. The molecule has 8 nitrogen and oxygen atoms in total. The lowest BCUT2D eigenvalue weighted by Crippen LogP contribution is -2.61. The van der Waals surface area contributed by atoms with Crippen LogP contribution in [0.2, 0.25) is 0 Å². The number of nitrogens with zero attached hydrogens (tertiary/aromatic N) is 2. The molecule has 2 saturated heterocycles. The lowest BCUT2D eigenvalue weighted by molar-refractivity contribution is -0.156. The molecule has 1 unspecified atom stereocenters. The van der Waals surface area contributed by atoms with Crippen molar-refractivity contribution in [3.8, 4) is 5.75 Å². The maximum absolute atomic E-state index is 13.4. The number of carbonyl (C=O) groups is 2. The van der Waals surface area contributed by atoms with Gasteiger partial charge in [0.05, 0.1) is 12.3 Å². The number of fused-ring (bicyclic) bond motifs is 3. The lowest BCUT2D eigenvalue weighted by atomic mass is 9.88. The van der Waals surface area contributed by atoms with Gasteiger partial charge in [-0.05, 0) is 50.4 Å². The number of hydrogen-bond acceptors (Lipinski definition) is 6. The Kier molecular flexibility index (Phi) is 3.64. The largest absolute Gasteiger partial charge is 0.493 e. The van der Waals surface area contributed by atoms with Gasteiger partial charge in [0, 0.05) is 30.7 Å². The van der Waals surface area contributed by atoms with Crippen LogP contribution in [-0.2, 0) is 15.1 Å². The molecule has 2 bridgehead atoms. The van der Waals surface area contributed by atoms with Crippen molar-refractivity contribution in [3.05, 3.63) is 23.8 Å². The van der Waals surface area contributed by atoms with Gasteiger partial charge in [-0.3, -0.25) is 9.69 Å². The van der Waals surface area contributed by atoms with Gasteiger partial charge in [0.25, 0.3) is 5.91 Å². The van der Waals surface area contributed by atoms with Crippen molar-refractivity contribution in [1.29, 1.82) is 0 Å². The maximum atomic E-state index is 13.4. The van der Waals surface area contributed by atoms with E-state index in [1.807, 2.05) is 13.1 Å².